The smallest absolute Gasteiger partial charge is 0.180 e. The maximum absolute atomic E-state index is 12.3. The minimum Gasteiger partial charge on any atom is -0.308 e. The van der Waals surface area contributed by atoms with E-state index in [1.807, 2.05) is 13.8 Å². The SMILES string of the molecule is CC(C)NC1CCCS(=O)(=O)c2c(Cl)ccc(Cl)c21. The molecular formula is C13H17Cl2NO2S. The maximum Gasteiger partial charge on any atom is 0.180 e. The summed E-state index contributed by atoms with van der Waals surface area (Å²) in [4.78, 5) is 0.206. The van der Waals surface area contributed by atoms with Gasteiger partial charge < -0.3 is 5.32 Å². The molecule has 1 N–H and O–H groups in total. The molecule has 2 rings (SSSR count). The lowest BCUT2D eigenvalue weighted by Gasteiger charge is -2.23. The van der Waals surface area contributed by atoms with E-state index in [-0.39, 0.29) is 27.8 Å². The average Bonchev–Trinajstić information content (AvgIpc) is 2.41. The van der Waals surface area contributed by atoms with Crippen LogP contribution in [0.15, 0.2) is 17.0 Å². The second-order valence-corrected chi connectivity index (χ2v) is 7.97. The van der Waals surface area contributed by atoms with Crippen molar-refractivity contribution < 1.29 is 8.42 Å². The Morgan fingerprint density at radius 1 is 1.26 bits per heavy atom. The van der Waals surface area contributed by atoms with Gasteiger partial charge in [0, 0.05) is 22.7 Å². The van der Waals surface area contributed by atoms with Crippen LogP contribution in [0.5, 0.6) is 0 Å². The van der Waals surface area contributed by atoms with E-state index in [2.05, 4.69) is 5.32 Å². The van der Waals surface area contributed by atoms with Crippen molar-refractivity contribution in [3.8, 4) is 0 Å². The summed E-state index contributed by atoms with van der Waals surface area (Å²) < 4.78 is 24.7. The van der Waals surface area contributed by atoms with Gasteiger partial charge in [0.25, 0.3) is 0 Å². The van der Waals surface area contributed by atoms with Gasteiger partial charge in [0.2, 0.25) is 0 Å². The number of hydrogen-bond donors (Lipinski definition) is 1. The van der Waals surface area contributed by atoms with Crippen molar-refractivity contribution in [1.29, 1.82) is 0 Å². The van der Waals surface area contributed by atoms with E-state index in [9.17, 15) is 8.42 Å². The number of benzene rings is 1. The monoisotopic (exact) mass is 321 g/mol. The highest BCUT2D eigenvalue weighted by Crippen LogP contribution is 2.40. The van der Waals surface area contributed by atoms with Crippen LogP contribution in [0.1, 0.15) is 38.3 Å². The second kappa shape index (κ2) is 5.60. The van der Waals surface area contributed by atoms with Gasteiger partial charge in [0.1, 0.15) is 0 Å². The standard InChI is InChI=1S/C13H17Cl2NO2S/c1-8(2)16-11-4-3-7-19(17,18)13-10(15)6-5-9(14)12(11)13/h5-6,8,11,16H,3-4,7H2,1-2H3. The molecule has 1 aliphatic heterocycles. The lowest BCUT2D eigenvalue weighted by atomic mass is 10.0. The van der Waals surface area contributed by atoms with Crippen molar-refractivity contribution in [3.63, 3.8) is 0 Å². The summed E-state index contributed by atoms with van der Waals surface area (Å²) in [5, 5.41) is 4.10. The summed E-state index contributed by atoms with van der Waals surface area (Å²) in [6, 6.07) is 3.39. The Morgan fingerprint density at radius 2 is 1.89 bits per heavy atom. The fourth-order valence-electron chi connectivity index (χ4n) is 2.48. The van der Waals surface area contributed by atoms with Crippen molar-refractivity contribution in [1.82, 2.24) is 5.32 Å². The van der Waals surface area contributed by atoms with E-state index in [0.29, 0.717) is 17.0 Å². The first kappa shape index (κ1) is 15.1. The summed E-state index contributed by atoms with van der Waals surface area (Å²) >= 11 is 12.3. The molecule has 0 fully saturated rings. The molecule has 3 nitrogen and oxygen atoms in total. The van der Waals surface area contributed by atoms with Gasteiger partial charge in [-0.3, -0.25) is 0 Å². The molecule has 1 unspecified atom stereocenters. The van der Waals surface area contributed by atoms with Crippen molar-refractivity contribution in [2.45, 2.75) is 43.7 Å². The summed E-state index contributed by atoms with van der Waals surface area (Å²) in [6.45, 7) is 4.05. The second-order valence-electron chi connectivity index (χ2n) is 5.11. The van der Waals surface area contributed by atoms with Crippen LogP contribution < -0.4 is 5.32 Å². The molecule has 1 atom stereocenters. The minimum absolute atomic E-state index is 0.0709. The molecule has 1 aromatic carbocycles. The van der Waals surface area contributed by atoms with Crippen molar-refractivity contribution >= 4 is 33.0 Å². The van der Waals surface area contributed by atoms with Gasteiger partial charge in [-0.25, -0.2) is 8.42 Å². The molecule has 0 bridgehead atoms. The summed E-state index contributed by atoms with van der Waals surface area (Å²) in [6.07, 6.45) is 1.35. The number of halogens is 2. The van der Waals surface area contributed by atoms with Gasteiger partial charge in [0.15, 0.2) is 9.84 Å². The van der Waals surface area contributed by atoms with E-state index in [0.717, 1.165) is 6.42 Å². The van der Waals surface area contributed by atoms with Crippen molar-refractivity contribution in [3.05, 3.63) is 27.7 Å². The van der Waals surface area contributed by atoms with Crippen LogP contribution in [-0.4, -0.2) is 20.2 Å². The Kier molecular flexibility index (Phi) is 4.45. The summed E-state index contributed by atoms with van der Waals surface area (Å²) in [5.74, 6) is 0.121. The Morgan fingerprint density at radius 3 is 2.53 bits per heavy atom. The highest BCUT2D eigenvalue weighted by atomic mass is 35.5. The van der Waals surface area contributed by atoms with Crippen molar-refractivity contribution in [2.75, 3.05) is 5.75 Å². The summed E-state index contributed by atoms with van der Waals surface area (Å²) in [5.41, 5.74) is 0.625. The largest absolute Gasteiger partial charge is 0.308 e. The molecule has 1 aliphatic rings. The molecule has 0 radical (unpaired) electrons. The normalized spacial score (nSPS) is 22.1. The van der Waals surface area contributed by atoms with Crippen LogP contribution >= 0.6 is 23.2 Å². The van der Waals surface area contributed by atoms with E-state index >= 15 is 0 Å². The van der Waals surface area contributed by atoms with Crippen molar-refractivity contribution in [2.24, 2.45) is 0 Å². The van der Waals surface area contributed by atoms with Crippen LogP contribution in [0.25, 0.3) is 0 Å². The van der Waals surface area contributed by atoms with Crippen LogP contribution in [-0.2, 0) is 9.84 Å². The fourth-order valence-corrected chi connectivity index (χ4v) is 5.05. The van der Waals surface area contributed by atoms with Crippen LogP contribution in [0.2, 0.25) is 10.0 Å². The third kappa shape index (κ3) is 3.07. The first-order chi connectivity index (χ1) is 8.83. The van der Waals surface area contributed by atoms with Crippen LogP contribution in [0, 0.1) is 0 Å². The lowest BCUT2D eigenvalue weighted by molar-refractivity contribution is 0.448. The molecule has 1 heterocycles. The van der Waals surface area contributed by atoms with Gasteiger partial charge in [-0.15, -0.1) is 0 Å². The molecule has 1 aromatic rings. The Bertz CT molecular complexity index is 585. The Labute approximate surface area is 124 Å². The Hall–Kier alpha value is -0.290. The van der Waals surface area contributed by atoms with Gasteiger partial charge in [0.05, 0.1) is 15.7 Å². The van der Waals surface area contributed by atoms with E-state index in [1.54, 1.807) is 12.1 Å². The number of sulfone groups is 1. The zero-order valence-electron chi connectivity index (χ0n) is 10.9. The highest BCUT2D eigenvalue weighted by Gasteiger charge is 2.32. The minimum atomic E-state index is -3.36. The van der Waals surface area contributed by atoms with Crippen LogP contribution in [0.4, 0.5) is 0 Å². The first-order valence-corrected chi connectivity index (χ1v) is 8.70. The number of fused-ring (bicyclic) bond motifs is 1. The average molecular weight is 322 g/mol. The zero-order chi connectivity index (χ0) is 14.2. The molecule has 106 valence electrons. The molecule has 0 spiro atoms. The molecule has 0 aromatic heterocycles. The van der Waals surface area contributed by atoms with E-state index in [4.69, 9.17) is 23.2 Å². The van der Waals surface area contributed by atoms with Gasteiger partial charge in [-0.2, -0.15) is 0 Å². The number of nitrogens with one attached hydrogen (secondary N) is 1. The molecule has 0 saturated heterocycles. The predicted octanol–water partition coefficient (Wildman–Crippen LogP) is 3.60. The lowest BCUT2D eigenvalue weighted by Crippen LogP contribution is -2.28. The van der Waals surface area contributed by atoms with Crippen LogP contribution in [0.3, 0.4) is 0 Å². The molecule has 0 amide bonds. The maximum atomic E-state index is 12.3. The third-order valence-corrected chi connectivity index (χ3v) is 5.84. The van der Waals surface area contributed by atoms with Gasteiger partial charge in [-0.1, -0.05) is 37.0 Å². The van der Waals surface area contributed by atoms with Gasteiger partial charge >= 0.3 is 0 Å². The van der Waals surface area contributed by atoms with E-state index < -0.39 is 9.84 Å². The topological polar surface area (TPSA) is 46.2 Å². The van der Waals surface area contributed by atoms with Gasteiger partial charge in [-0.05, 0) is 25.0 Å². The fraction of sp³-hybridized carbons (Fsp3) is 0.538. The third-order valence-electron chi connectivity index (χ3n) is 3.19. The quantitative estimate of drug-likeness (QED) is 0.905. The predicted molar refractivity (Wildman–Crippen MR) is 78.8 cm³/mol. The molecule has 0 saturated carbocycles. The molecular weight excluding hydrogens is 305 g/mol. The highest BCUT2D eigenvalue weighted by molar-refractivity contribution is 7.91. The number of rotatable bonds is 2. The van der Waals surface area contributed by atoms with E-state index in [1.165, 1.54) is 0 Å². The molecule has 19 heavy (non-hydrogen) atoms. The summed E-state index contributed by atoms with van der Waals surface area (Å²) in [7, 11) is -3.36. The Balaban J connectivity index is 2.66. The first-order valence-electron chi connectivity index (χ1n) is 6.29. The zero-order valence-corrected chi connectivity index (χ0v) is 13.2. The number of hydrogen-bond acceptors (Lipinski definition) is 3. The molecule has 0 aliphatic carbocycles. The molecule has 6 heteroatoms.